The maximum Gasteiger partial charge on any atom is 0.118 e. The quantitative estimate of drug-likeness (QED) is 0.402. The minimum absolute atomic E-state index is 0.00419. The van der Waals surface area contributed by atoms with Crippen LogP contribution in [0.3, 0.4) is 0 Å². The predicted octanol–water partition coefficient (Wildman–Crippen LogP) is 6.89. The van der Waals surface area contributed by atoms with Crippen LogP contribution in [0.2, 0.25) is 0 Å². The molecule has 30 heavy (non-hydrogen) atoms. The number of rotatable bonds is 9. The molecule has 0 aromatic rings. The second-order valence-corrected chi connectivity index (χ2v) is 11.8. The monoisotopic (exact) mass is 418 g/mol. The molecular formula is C27H47FN2. The van der Waals surface area contributed by atoms with Crippen LogP contribution in [0.4, 0.5) is 4.39 Å². The van der Waals surface area contributed by atoms with Gasteiger partial charge in [-0.1, -0.05) is 60.6 Å². The highest BCUT2D eigenvalue weighted by atomic mass is 19.1. The molecule has 0 N–H and O–H groups in total. The Bertz CT molecular complexity index is 649. The van der Waals surface area contributed by atoms with Gasteiger partial charge in [0.2, 0.25) is 0 Å². The van der Waals surface area contributed by atoms with Gasteiger partial charge in [-0.05, 0) is 69.2 Å². The zero-order valence-electron chi connectivity index (χ0n) is 21.0. The fourth-order valence-corrected chi connectivity index (χ4v) is 6.48. The Kier molecular flexibility index (Phi) is 6.71. The van der Waals surface area contributed by atoms with Crippen molar-refractivity contribution in [2.24, 2.45) is 35.5 Å². The van der Waals surface area contributed by atoms with Crippen LogP contribution in [-0.4, -0.2) is 39.6 Å². The van der Waals surface area contributed by atoms with Gasteiger partial charge in [-0.25, -0.2) is 4.39 Å². The smallest absolute Gasteiger partial charge is 0.118 e. The maximum atomic E-state index is 15.5. The second kappa shape index (κ2) is 8.51. The van der Waals surface area contributed by atoms with Crippen LogP contribution < -0.4 is 0 Å². The Labute approximate surface area is 186 Å². The highest BCUT2D eigenvalue weighted by Crippen LogP contribution is 2.49. The van der Waals surface area contributed by atoms with Gasteiger partial charge in [0.15, 0.2) is 0 Å². The topological polar surface area (TPSA) is 6.48 Å². The first-order valence-electron chi connectivity index (χ1n) is 12.5. The van der Waals surface area contributed by atoms with Crippen molar-refractivity contribution in [3.05, 3.63) is 24.6 Å². The summed E-state index contributed by atoms with van der Waals surface area (Å²) in [5.41, 5.74) is 0.118. The number of hydrogen-bond donors (Lipinski definition) is 0. The second-order valence-electron chi connectivity index (χ2n) is 11.8. The predicted molar refractivity (Wildman–Crippen MR) is 127 cm³/mol. The molecule has 0 radical (unpaired) electrons. The normalized spacial score (nSPS) is 36.0. The average molecular weight is 419 g/mol. The van der Waals surface area contributed by atoms with Gasteiger partial charge in [0, 0.05) is 35.5 Å². The molecule has 3 aliphatic rings. The van der Waals surface area contributed by atoms with Gasteiger partial charge in [-0.2, -0.15) is 0 Å². The molecule has 3 rings (SSSR count). The first kappa shape index (κ1) is 23.7. The van der Waals surface area contributed by atoms with E-state index in [1.807, 2.05) is 0 Å². The summed E-state index contributed by atoms with van der Waals surface area (Å²) >= 11 is 0. The van der Waals surface area contributed by atoms with Crippen molar-refractivity contribution >= 4 is 0 Å². The van der Waals surface area contributed by atoms with Gasteiger partial charge in [-0.3, -0.25) is 0 Å². The Balaban J connectivity index is 1.67. The zero-order chi connectivity index (χ0) is 22.4. The standard InChI is InChI=1S/C27H47FN2/c1-18(2)24-12-14-29(26(24,8)19(3)4)17-22(28)16-21(7)25-13-15-30(23-10-11-23)27(25,9)20(5)6/h12-15,18-25H,10-11,16-17H2,1-9H3/t21?,22?,24?,25?,26-,27-/m0/s1. The average Bonchev–Trinajstić information content (AvgIpc) is 3.33. The lowest BCUT2D eigenvalue weighted by Crippen LogP contribution is -2.53. The molecule has 0 aromatic carbocycles. The van der Waals surface area contributed by atoms with Gasteiger partial charge in [-0.15, -0.1) is 0 Å². The lowest BCUT2D eigenvalue weighted by molar-refractivity contribution is 0.0301. The van der Waals surface area contributed by atoms with E-state index in [0.29, 0.717) is 54.5 Å². The first-order valence-corrected chi connectivity index (χ1v) is 12.5. The third-order valence-corrected chi connectivity index (χ3v) is 9.08. The number of halogens is 1. The van der Waals surface area contributed by atoms with Crippen LogP contribution in [0.5, 0.6) is 0 Å². The van der Waals surface area contributed by atoms with Crippen molar-refractivity contribution < 1.29 is 4.39 Å². The molecule has 0 spiro atoms. The highest BCUT2D eigenvalue weighted by Gasteiger charge is 2.51. The van der Waals surface area contributed by atoms with Crippen molar-refractivity contribution in [3.63, 3.8) is 0 Å². The molecule has 4 unspecified atom stereocenters. The van der Waals surface area contributed by atoms with E-state index in [1.54, 1.807) is 0 Å². The van der Waals surface area contributed by atoms with E-state index < -0.39 is 6.17 Å². The molecular weight excluding hydrogens is 371 g/mol. The Hall–Kier alpha value is -0.990. The van der Waals surface area contributed by atoms with Crippen molar-refractivity contribution in [2.75, 3.05) is 6.54 Å². The molecule has 0 aromatic heterocycles. The first-order chi connectivity index (χ1) is 13.9. The van der Waals surface area contributed by atoms with Crippen molar-refractivity contribution in [3.8, 4) is 0 Å². The minimum Gasteiger partial charge on any atom is -0.369 e. The number of hydrogen-bond acceptors (Lipinski definition) is 2. The maximum absolute atomic E-state index is 15.5. The molecule has 6 atom stereocenters. The van der Waals surface area contributed by atoms with Gasteiger partial charge >= 0.3 is 0 Å². The highest BCUT2D eigenvalue weighted by molar-refractivity contribution is 5.18. The molecule has 1 aliphatic carbocycles. The van der Waals surface area contributed by atoms with Gasteiger partial charge in [0.1, 0.15) is 6.17 Å². The van der Waals surface area contributed by atoms with E-state index in [9.17, 15) is 0 Å². The summed E-state index contributed by atoms with van der Waals surface area (Å²) in [6, 6.07) is 0.710. The summed E-state index contributed by atoms with van der Waals surface area (Å²) in [6.45, 7) is 21.4. The van der Waals surface area contributed by atoms with Crippen molar-refractivity contribution in [1.82, 2.24) is 9.80 Å². The largest absolute Gasteiger partial charge is 0.369 e. The molecule has 172 valence electrons. The molecule has 0 bridgehead atoms. The van der Waals surface area contributed by atoms with Gasteiger partial charge in [0.25, 0.3) is 0 Å². The molecule has 2 heterocycles. The molecule has 0 saturated heterocycles. The molecule has 2 nitrogen and oxygen atoms in total. The number of nitrogens with zero attached hydrogens (tertiary/aromatic N) is 2. The lowest BCUT2D eigenvalue weighted by atomic mass is 9.70. The molecule has 2 aliphatic heterocycles. The minimum atomic E-state index is -0.798. The summed E-state index contributed by atoms with van der Waals surface area (Å²) in [4.78, 5) is 4.93. The van der Waals surface area contributed by atoms with E-state index in [0.717, 1.165) is 0 Å². The van der Waals surface area contributed by atoms with E-state index in [-0.39, 0.29) is 11.1 Å². The Morgan fingerprint density at radius 3 is 1.93 bits per heavy atom. The van der Waals surface area contributed by atoms with Gasteiger partial charge < -0.3 is 9.80 Å². The van der Waals surface area contributed by atoms with E-state index >= 15 is 4.39 Å². The summed E-state index contributed by atoms with van der Waals surface area (Å²) in [5, 5.41) is 0. The van der Waals surface area contributed by atoms with Crippen molar-refractivity contribution in [2.45, 2.75) is 105 Å². The van der Waals surface area contributed by atoms with Crippen LogP contribution in [0, 0.1) is 35.5 Å². The lowest BCUT2D eigenvalue weighted by Gasteiger charge is -2.47. The summed E-state index contributed by atoms with van der Waals surface area (Å²) in [7, 11) is 0. The molecule has 0 amide bonds. The van der Waals surface area contributed by atoms with Crippen LogP contribution in [0.25, 0.3) is 0 Å². The SMILES string of the molecule is CC(C)C1C=CN(CC(F)CC(C)C2C=CN(C3CC3)[C@@]2(C)C(C)C)[C@@]1(C)C(C)C. The molecule has 1 saturated carbocycles. The van der Waals surface area contributed by atoms with Crippen LogP contribution in [-0.2, 0) is 0 Å². The summed E-state index contributed by atoms with van der Waals surface area (Å²) < 4.78 is 15.5. The van der Waals surface area contributed by atoms with Crippen LogP contribution in [0.15, 0.2) is 24.6 Å². The van der Waals surface area contributed by atoms with Crippen LogP contribution >= 0.6 is 0 Å². The molecule has 1 fully saturated rings. The van der Waals surface area contributed by atoms with Gasteiger partial charge in [0.05, 0.1) is 0 Å². The van der Waals surface area contributed by atoms with E-state index in [4.69, 9.17) is 0 Å². The van der Waals surface area contributed by atoms with Crippen LogP contribution in [0.1, 0.15) is 81.6 Å². The number of alkyl halides is 1. The Morgan fingerprint density at radius 1 is 0.867 bits per heavy atom. The fraction of sp³-hybridized carbons (Fsp3) is 0.852. The Morgan fingerprint density at radius 2 is 1.43 bits per heavy atom. The third kappa shape index (κ3) is 3.95. The molecule has 3 heteroatoms. The summed E-state index contributed by atoms with van der Waals surface area (Å²) in [6.07, 6.45) is 11.7. The third-order valence-electron chi connectivity index (χ3n) is 9.08. The fourth-order valence-electron chi connectivity index (χ4n) is 6.48. The van der Waals surface area contributed by atoms with E-state index in [2.05, 4.69) is 96.7 Å². The van der Waals surface area contributed by atoms with Crippen molar-refractivity contribution in [1.29, 1.82) is 0 Å². The van der Waals surface area contributed by atoms with E-state index in [1.165, 1.54) is 12.8 Å². The summed E-state index contributed by atoms with van der Waals surface area (Å²) in [5.74, 6) is 2.85. The zero-order valence-corrected chi connectivity index (χ0v) is 21.0.